The first kappa shape index (κ1) is 19.6. The minimum Gasteiger partial charge on any atom is -0.495 e. The highest BCUT2D eigenvalue weighted by Crippen LogP contribution is 2.29. The second-order valence-corrected chi connectivity index (χ2v) is 6.63. The predicted octanol–water partition coefficient (Wildman–Crippen LogP) is 2.36. The normalized spacial score (nSPS) is 12.7. The van der Waals surface area contributed by atoms with Crippen LogP contribution in [0.25, 0.3) is 0 Å². The number of benzene rings is 1. The number of ether oxygens (including phenoxy) is 2. The molecule has 3 heterocycles. The molecule has 0 saturated heterocycles. The lowest BCUT2D eigenvalue weighted by atomic mass is 10.1. The average molecular weight is 410 g/mol. The van der Waals surface area contributed by atoms with Crippen molar-refractivity contribution in [2.45, 2.75) is 19.7 Å². The number of halogens is 1. The number of nitrogens with zero attached hydrogens (tertiary/aromatic N) is 4. The van der Waals surface area contributed by atoms with Crippen molar-refractivity contribution < 1.29 is 18.7 Å². The van der Waals surface area contributed by atoms with Gasteiger partial charge in [-0.2, -0.15) is 5.10 Å². The van der Waals surface area contributed by atoms with Gasteiger partial charge in [0.25, 0.3) is 11.5 Å². The van der Waals surface area contributed by atoms with Gasteiger partial charge in [-0.25, -0.2) is 9.07 Å². The second kappa shape index (κ2) is 8.32. The van der Waals surface area contributed by atoms with Crippen molar-refractivity contribution in [1.29, 1.82) is 0 Å². The molecule has 9 heteroatoms. The van der Waals surface area contributed by atoms with Gasteiger partial charge in [0.15, 0.2) is 5.82 Å². The van der Waals surface area contributed by atoms with Crippen LogP contribution in [0.4, 0.5) is 10.2 Å². The molecule has 0 aliphatic carbocycles. The molecule has 3 aromatic rings. The summed E-state index contributed by atoms with van der Waals surface area (Å²) in [6, 6.07) is 11.6. The Kier molecular flexibility index (Phi) is 5.42. The van der Waals surface area contributed by atoms with Crippen LogP contribution in [0.1, 0.15) is 21.6 Å². The first-order valence-electron chi connectivity index (χ1n) is 9.29. The number of alkyl halides is 1. The van der Waals surface area contributed by atoms with Crippen molar-refractivity contribution in [2.24, 2.45) is 0 Å². The van der Waals surface area contributed by atoms with E-state index in [1.165, 1.54) is 17.0 Å². The Morgan fingerprint density at radius 1 is 1.10 bits per heavy atom. The van der Waals surface area contributed by atoms with Crippen LogP contribution in [0.2, 0.25) is 0 Å². The fourth-order valence-electron chi connectivity index (χ4n) is 3.17. The van der Waals surface area contributed by atoms with Gasteiger partial charge in [-0.3, -0.25) is 19.5 Å². The Balaban J connectivity index is 1.49. The topological polar surface area (TPSA) is 86.5 Å². The molecule has 1 aliphatic heterocycles. The molecule has 8 nitrogen and oxygen atoms in total. The first-order chi connectivity index (χ1) is 14.6. The number of aromatic nitrogens is 3. The number of hydrogen-bond donors (Lipinski definition) is 0. The number of aryl methyl sites for hydroxylation is 1. The number of carbonyl (C=O) groups is 1. The van der Waals surface area contributed by atoms with E-state index < -0.39 is 12.2 Å². The van der Waals surface area contributed by atoms with Gasteiger partial charge in [-0.05, 0) is 42.0 Å². The molecule has 4 rings (SSSR count). The van der Waals surface area contributed by atoms with E-state index in [9.17, 15) is 14.0 Å². The molecule has 0 radical (unpaired) electrons. The second-order valence-electron chi connectivity index (χ2n) is 6.63. The lowest BCUT2D eigenvalue weighted by Crippen LogP contribution is -2.29. The third-order valence-electron chi connectivity index (χ3n) is 4.73. The number of pyridine rings is 1. The van der Waals surface area contributed by atoms with Crippen molar-refractivity contribution >= 4 is 11.7 Å². The summed E-state index contributed by atoms with van der Waals surface area (Å²) >= 11 is 0. The number of rotatable bonds is 7. The summed E-state index contributed by atoms with van der Waals surface area (Å²) in [6.07, 6.45) is 1.62. The van der Waals surface area contributed by atoms with E-state index in [2.05, 4.69) is 10.1 Å². The van der Waals surface area contributed by atoms with Gasteiger partial charge in [0.1, 0.15) is 24.8 Å². The van der Waals surface area contributed by atoms with E-state index >= 15 is 0 Å². The highest BCUT2D eigenvalue weighted by atomic mass is 19.1. The zero-order valence-corrected chi connectivity index (χ0v) is 16.2. The maximum absolute atomic E-state index is 12.8. The summed E-state index contributed by atoms with van der Waals surface area (Å²) in [7, 11) is 1.58. The predicted molar refractivity (Wildman–Crippen MR) is 107 cm³/mol. The van der Waals surface area contributed by atoms with Crippen LogP contribution in [0.5, 0.6) is 11.5 Å². The highest BCUT2D eigenvalue weighted by molar-refractivity contribution is 6.09. The van der Waals surface area contributed by atoms with E-state index in [-0.39, 0.29) is 25.6 Å². The number of carbonyl (C=O) groups excluding carboxylic acids is 1. The van der Waals surface area contributed by atoms with Crippen LogP contribution in [0, 0.1) is 0 Å². The van der Waals surface area contributed by atoms with Crippen molar-refractivity contribution in [3.05, 3.63) is 75.8 Å². The van der Waals surface area contributed by atoms with Crippen LogP contribution in [0.15, 0.2) is 53.5 Å². The fraction of sp³-hybridized carbons (Fsp3) is 0.238. The van der Waals surface area contributed by atoms with Crippen molar-refractivity contribution in [2.75, 3.05) is 18.7 Å². The van der Waals surface area contributed by atoms with E-state index in [4.69, 9.17) is 9.47 Å². The van der Waals surface area contributed by atoms with Crippen molar-refractivity contribution in [3.63, 3.8) is 0 Å². The van der Waals surface area contributed by atoms with E-state index in [1.54, 1.807) is 37.6 Å². The highest BCUT2D eigenvalue weighted by Gasteiger charge is 2.30. The molecule has 154 valence electrons. The standard InChI is InChI=1S/C21H19FN4O4/c1-29-17-3-2-15(23-11-17)13-30-16-4-5-18-14(10-16)12-25(21(18)28)19-6-7-20(27)26(24-19)9-8-22/h2-7,10-11H,8-9,12-13H2,1H3. The molecule has 30 heavy (non-hydrogen) atoms. The van der Waals surface area contributed by atoms with Gasteiger partial charge in [0, 0.05) is 11.6 Å². The molecule has 0 N–H and O–H groups in total. The number of amides is 1. The smallest absolute Gasteiger partial charge is 0.266 e. The Morgan fingerprint density at radius 2 is 1.93 bits per heavy atom. The molecular weight excluding hydrogens is 391 g/mol. The molecule has 0 atom stereocenters. The first-order valence-corrected chi connectivity index (χ1v) is 9.29. The van der Waals surface area contributed by atoms with Gasteiger partial charge in [0.05, 0.1) is 32.1 Å². The van der Waals surface area contributed by atoms with Crippen molar-refractivity contribution in [3.8, 4) is 11.5 Å². The summed E-state index contributed by atoms with van der Waals surface area (Å²) in [5, 5.41) is 4.11. The van der Waals surface area contributed by atoms with Gasteiger partial charge >= 0.3 is 0 Å². The van der Waals surface area contributed by atoms with Gasteiger partial charge < -0.3 is 9.47 Å². The molecular formula is C21H19FN4O4. The molecule has 0 unspecified atom stereocenters. The third kappa shape index (κ3) is 3.86. The molecule has 0 spiro atoms. The number of anilines is 1. The van der Waals surface area contributed by atoms with Gasteiger partial charge in [-0.1, -0.05) is 0 Å². The third-order valence-corrected chi connectivity index (χ3v) is 4.73. The van der Waals surface area contributed by atoms with E-state index in [0.29, 0.717) is 22.9 Å². The Bertz CT molecular complexity index is 1130. The zero-order chi connectivity index (χ0) is 21.1. The van der Waals surface area contributed by atoms with E-state index in [1.807, 2.05) is 6.07 Å². The Labute approximate surface area is 171 Å². The van der Waals surface area contributed by atoms with Crippen LogP contribution in [-0.4, -0.2) is 34.5 Å². The Morgan fingerprint density at radius 3 is 2.67 bits per heavy atom. The van der Waals surface area contributed by atoms with Crippen LogP contribution in [0.3, 0.4) is 0 Å². The molecule has 0 fully saturated rings. The molecule has 1 aliphatic rings. The summed E-state index contributed by atoms with van der Waals surface area (Å²) in [5.74, 6) is 1.35. The Hall–Kier alpha value is -3.75. The molecule has 1 aromatic carbocycles. The van der Waals surface area contributed by atoms with E-state index in [0.717, 1.165) is 15.9 Å². The average Bonchev–Trinajstić information content (AvgIpc) is 3.10. The maximum atomic E-state index is 12.8. The zero-order valence-electron chi connectivity index (χ0n) is 16.2. The number of methoxy groups -OCH3 is 1. The minimum atomic E-state index is -0.714. The summed E-state index contributed by atoms with van der Waals surface area (Å²) < 4.78 is 24.5. The van der Waals surface area contributed by atoms with Crippen LogP contribution < -0.4 is 19.9 Å². The minimum absolute atomic E-state index is 0.154. The molecule has 0 bridgehead atoms. The lowest BCUT2D eigenvalue weighted by molar-refractivity contribution is 0.0995. The SMILES string of the molecule is COc1ccc(COc2ccc3c(c2)CN(c2ccc(=O)n(CCF)n2)C3=O)nc1. The van der Waals surface area contributed by atoms with Crippen LogP contribution in [-0.2, 0) is 19.7 Å². The summed E-state index contributed by atoms with van der Waals surface area (Å²) in [6.45, 7) is -0.309. The fourth-order valence-corrected chi connectivity index (χ4v) is 3.17. The number of fused-ring (bicyclic) bond motifs is 1. The number of hydrogen-bond acceptors (Lipinski definition) is 6. The van der Waals surface area contributed by atoms with Crippen LogP contribution >= 0.6 is 0 Å². The van der Waals surface area contributed by atoms with Gasteiger partial charge in [0.2, 0.25) is 0 Å². The quantitative estimate of drug-likeness (QED) is 0.594. The summed E-state index contributed by atoms with van der Waals surface area (Å²) in [4.78, 5) is 30.2. The largest absolute Gasteiger partial charge is 0.495 e. The monoisotopic (exact) mass is 410 g/mol. The molecule has 0 saturated carbocycles. The molecule has 2 aromatic heterocycles. The van der Waals surface area contributed by atoms with Crippen molar-refractivity contribution in [1.82, 2.24) is 14.8 Å². The van der Waals surface area contributed by atoms with Gasteiger partial charge in [-0.15, -0.1) is 0 Å². The molecule has 1 amide bonds. The lowest BCUT2D eigenvalue weighted by Gasteiger charge is -2.15. The maximum Gasteiger partial charge on any atom is 0.266 e. The summed E-state index contributed by atoms with van der Waals surface area (Å²) in [5.41, 5.74) is 1.65.